The van der Waals surface area contributed by atoms with Crippen molar-refractivity contribution < 1.29 is 9.53 Å². The van der Waals surface area contributed by atoms with Gasteiger partial charge in [0.2, 0.25) is 0 Å². The molecule has 3 aromatic carbocycles. The second-order valence-electron chi connectivity index (χ2n) is 7.31. The summed E-state index contributed by atoms with van der Waals surface area (Å²) in [6, 6.07) is 30.3. The van der Waals surface area contributed by atoms with Crippen molar-refractivity contribution in [3.8, 4) is 28.4 Å². The van der Waals surface area contributed by atoms with Crippen LogP contribution in [0.1, 0.15) is 10.4 Å². The van der Waals surface area contributed by atoms with Crippen LogP contribution in [-0.2, 0) is 0 Å². The van der Waals surface area contributed by atoms with Gasteiger partial charge in [-0.15, -0.1) is 0 Å². The van der Waals surface area contributed by atoms with Gasteiger partial charge in [-0.25, -0.2) is 4.68 Å². The molecule has 2 heterocycles. The summed E-state index contributed by atoms with van der Waals surface area (Å²) in [6.45, 7) is 0. The van der Waals surface area contributed by atoms with Crippen LogP contribution in [-0.4, -0.2) is 20.7 Å². The Bertz CT molecular complexity index is 1370. The average Bonchev–Trinajstić information content (AvgIpc) is 3.32. The van der Waals surface area contributed by atoms with Crippen molar-refractivity contribution in [2.24, 2.45) is 0 Å². The largest absolute Gasteiger partial charge is 0.456 e. The Morgan fingerprint density at radius 3 is 2.33 bits per heavy atom. The van der Waals surface area contributed by atoms with Crippen LogP contribution in [0, 0.1) is 0 Å². The molecular weight excluding hydrogens is 412 g/mol. The quantitative estimate of drug-likeness (QED) is 0.358. The molecule has 0 radical (unpaired) electrons. The van der Waals surface area contributed by atoms with Crippen LogP contribution in [0.2, 0.25) is 0 Å². The van der Waals surface area contributed by atoms with E-state index in [2.05, 4.69) is 10.3 Å². The van der Waals surface area contributed by atoms with Gasteiger partial charge < -0.3 is 10.1 Å². The van der Waals surface area contributed by atoms with E-state index < -0.39 is 0 Å². The predicted molar refractivity (Wildman–Crippen MR) is 128 cm³/mol. The molecule has 6 nitrogen and oxygen atoms in total. The fourth-order valence-corrected chi connectivity index (χ4v) is 3.44. The van der Waals surface area contributed by atoms with Crippen molar-refractivity contribution in [3.63, 3.8) is 0 Å². The molecule has 0 saturated carbocycles. The Morgan fingerprint density at radius 2 is 1.58 bits per heavy atom. The van der Waals surface area contributed by atoms with E-state index in [4.69, 9.17) is 9.84 Å². The van der Waals surface area contributed by atoms with Crippen LogP contribution in [0.25, 0.3) is 16.9 Å². The molecule has 0 unspecified atom stereocenters. The van der Waals surface area contributed by atoms with Crippen LogP contribution < -0.4 is 10.1 Å². The Morgan fingerprint density at radius 1 is 0.818 bits per heavy atom. The van der Waals surface area contributed by atoms with E-state index in [1.807, 2.05) is 84.9 Å². The summed E-state index contributed by atoms with van der Waals surface area (Å²) in [5.74, 6) is 0.968. The van der Waals surface area contributed by atoms with Gasteiger partial charge in [0.1, 0.15) is 17.2 Å². The second kappa shape index (κ2) is 9.20. The summed E-state index contributed by atoms with van der Waals surface area (Å²) in [5.41, 5.74) is 3.45. The summed E-state index contributed by atoms with van der Waals surface area (Å²) in [5, 5.41) is 7.68. The number of carbonyl (C=O) groups excluding carboxylic acids is 1. The molecular formula is C27H20N4O2. The Hall–Kier alpha value is -4.71. The molecule has 33 heavy (non-hydrogen) atoms. The van der Waals surface area contributed by atoms with E-state index in [1.165, 1.54) is 0 Å². The Labute approximate surface area is 191 Å². The van der Waals surface area contributed by atoms with Crippen LogP contribution in [0.5, 0.6) is 11.5 Å². The van der Waals surface area contributed by atoms with Crippen molar-refractivity contribution in [3.05, 3.63) is 121 Å². The lowest BCUT2D eigenvalue weighted by Gasteiger charge is -2.09. The molecule has 1 amide bonds. The number of nitrogens with one attached hydrogen (secondary N) is 1. The average molecular weight is 432 g/mol. The first-order valence-electron chi connectivity index (χ1n) is 10.5. The first kappa shape index (κ1) is 20.2. The molecule has 160 valence electrons. The highest BCUT2D eigenvalue weighted by atomic mass is 16.5. The molecule has 2 aromatic heterocycles. The fourth-order valence-electron chi connectivity index (χ4n) is 3.44. The standard InChI is InChI=1S/C27H20N4O2/c32-27(29-21-11-7-14-23(17-21)33-24-15-8-16-28-18-24)25-19-31(22-12-5-2-6-13-22)30-26(25)20-9-3-1-4-10-20/h1-19H,(H,29,32). The third-order valence-corrected chi connectivity index (χ3v) is 4.99. The minimum Gasteiger partial charge on any atom is -0.456 e. The normalized spacial score (nSPS) is 10.5. The van der Waals surface area contributed by atoms with Crippen LogP contribution in [0.15, 0.2) is 116 Å². The number of aromatic nitrogens is 3. The Kier molecular flexibility index (Phi) is 5.63. The van der Waals surface area contributed by atoms with Crippen molar-refractivity contribution in [2.75, 3.05) is 5.32 Å². The van der Waals surface area contributed by atoms with Crippen LogP contribution in [0.3, 0.4) is 0 Å². The molecule has 5 aromatic rings. The third kappa shape index (κ3) is 4.65. The molecule has 0 spiro atoms. The summed E-state index contributed by atoms with van der Waals surface area (Å²) in [6.07, 6.45) is 5.07. The van der Waals surface area contributed by atoms with Gasteiger partial charge in [-0.1, -0.05) is 54.6 Å². The van der Waals surface area contributed by atoms with Gasteiger partial charge in [0.15, 0.2) is 0 Å². The van der Waals surface area contributed by atoms with Gasteiger partial charge >= 0.3 is 0 Å². The highest BCUT2D eigenvalue weighted by molar-refractivity contribution is 6.08. The van der Waals surface area contributed by atoms with Crippen LogP contribution >= 0.6 is 0 Å². The molecule has 0 saturated heterocycles. The molecule has 0 atom stereocenters. The van der Waals surface area contributed by atoms with E-state index in [0.29, 0.717) is 28.4 Å². The molecule has 0 fully saturated rings. The number of nitrogens with zero attached hydrogens (tertiary/aromatic N) is 3. The van der Waals surface area contributed by atoms with Gasteiger partial charge in [0.05, 0.1) is 17.4 Å². The third-order valence-electron chi connectivity index (χ3n) is 4.99. The number of hydrogen-bond donors (Lipinski definition) is 1. The number of hydrogen-bond acceptors (Lipinski definition) is 4. The van der Waals surface area contributed by atoms with Crippen molar-refractivity contribution >= 4 is 11.6 Å². The highest BCUT2D eigenvalue weighted by Gasteiger charge is 2.19. The van der Waals surface area contributed by atoms with E-state index in [-0.39, 0.29) is 5.91 Å². The monoisotopic (exact) mass is 432 g/mol. The van der Waals surface area contributed by atoms with E-state index in [1.54, 1.807) is 35.4 Å². The smallest absolute Gasteiger partial charge is 0.259 e. The Balaban J connectivity index is 1.45. The topological polar surface area (TPSA) is 69.0 Å². The maximum atomic E-state index is 13.3. The van der Waals surface area contributed by atoms with E-state index in [9.17, 15) is 4.79 Å². The minimum absolute atomic E-state index is 0.255. The maximum absolute atomic E-state index is 13.3. The lowest BCUT2D eigenvalue weighted by Crippen LogP contribution is -2.12. The molecule has 6 heteroatoms. The summed E-state index contributed by atoms with van der Waals surface area (Å²) in [4.78, 5) is 17.4. The molecule has 0 aliphatic rings. The first-order valence-corrected chi connectivity index (χ1v) is 10.5. The van der Waals surface area contributed by atoms with Gasteiger partial charge in [0.25, 0.3) is 5.91 Å². The van der Waals surface area contributed by atoms with Crippen molar-refractivity contribution in [2.45, 2.75) is 0 Å². The number of carbonyl (C=O) groups is 1. The number of ether oxygens (including phenoxy) is 1. The lowest BCUT2D eigenvalue weighted by atomic mass is 10.1. The number of rotatable bonds is 6. The highest BCUT2D eigenvalue weighted by Crippen LogP contribution is 2.27. The van der Waals surface area contributed by atoms with Crippen molar-refractivity contribution in [1.29, 1.82) is 0 Å². The van der Waals surface area contributed by atoms with Gasteiger partial charge in [-0.3, -0.25) is 9.78 Å². The molecule has 0 aliphatic heterocycles. The molecule has 5 rings (SSSR count). The maximum Gasteiger partial charge on any atom is 0.259 e. The zero-order valence-corrected chi connectivity index (χ0v) is 17.6. The van der Waals surface area contributed by atoms with Gasteiger partial charge in [-0.05, 0) is 36.4 Å². The fraction of sp³-hybridized carbons (Fsp3) is 0. The second-order valence-corrected chi connectivity index (χ2v) is 7.31. The summed E-state index contributed by atoms with van der Waals surface area (Å²) < 4.78 is 7.55. The summed E-state index contributed by atoms with van der Waals surface area (Å²) >= 11 is 0. The van der Waals surface area contributed by atoms with E-state index in [0.717, 1.165) is 11.3 Å². The molecule has 0 aliphatic carbocycles. The molecule has 0 bridgehead atoms. The van der Waals surface area contributed by atoms with Gasteiger partial charge in [-0.2, -0.15) is 5.10 Å². The predicted octanol–water partition coefficient (Wildman–Crippen LogP) is 5.98. The minimum atomic E-state index is -0.255. The number of anilines is 1. The van der Waals surface area contributed by atoms with Crippen molar-refractivity contribution in [1.82, 2.24) is 14.8 Å². The SMILES string of the molecule is O=C(Nc1cccc(Oc2cccnc2)c1)c1cn(-c2ccccc2)nc1-c1ccccc1. The molecule has 1 N–H and O–H groups in total. The summed E-state index contributed by atoms with van der Waals surface area (Å²) in [7, 11) is 0. The first-order chi connectivity index (χ1) is 16.3. The van der Waals surface area contributed by atoms with E-state index >= 15 is 0 Å². The van der Waals surface area contributed by atoms with Gasteiger partial charge in [0, 0.05) is 29.7 Å². The zero-order valence-electron chi connectivity index (χ0n) is 17.6. The zero-order chi connectivity index (χ0) is 22.5. The number of pyridine rings is 1. The number of para-hydroxylation sites is 1. The van der Waals surface area contributed by atoms with Crippen LogP contribution in [0.4, 0.5) is 5.69 Å². The lowest BCUT2D eigenvalue weighted by molar-refractivity contribution is 0.102. The number of amides is 1. The number of benzene rings is 3.